The second-order valence-electron chi connectivity index (χ2n) is 11.2. The quantitative estimate of drug-likeness (QED) is 0.0354. The predicted octanol–water partition coefficient (Wildman–Crippen LogP) is 0.506. The van der Waals surface area contributed by atoms with Crippen molar-refractivity contribution in [2.24, 2.45) is 0 Å². The van der Waals surface area contributed by atoms with Crippen LogP contribution in [0.3, 0.4) is 0 Å². The molecule has 244 valence electrons. The molecule has 0 radical (unpaired) electrons. The Morgan fingerprint density at radius 3 is 1.63 bits per heavy atom. The summed E-state index contributed by atoms with van der Waals surface area (Å²) in [6, 6.07) is 0. The van der Waals surface area contributed by atoms with Gasteiger partial charge in [0.1, 0.15) is 6.10 Å². The van der Waals surface area contributed by atoms with Crippen LogP contribution in [0, 0.1) is 0 Å². The molecule has 0 saturated heterocycles. The van der Waals surface area contributed by atoms with E-state index in [4.69, 9.17) is 4.74 Å². The Kier molecular flexibility index (Phi) is 42.2. The van der Waals surface area contributed by atoms with Crippen molar-refractivity contribution < 1.29 is 97.1 Å². The predicted molar refractivity (Wildman–Crippen MR) is 160 cm³/mol. The van der Waals surface area contributed by atoms with Crippen molar-refractivity contribution in [1.29, 1.82) is 0 Å². The molecule has 43 heavy (non-hydrogen) atoms. The van der Waals surface area contributed by atoms with Crippen molar-refractivity contribution in [3.63, 3.8) is 0 Å². The minimum atomic E-state index is -5.12. The second kappa shape index (κ2) is 37.5. The molecule has 0 rings (SSSR count). The van der Waals surface area contributed by atoms with Gasteiger partial charge in [-0.25, -0.2) is 0 Å². The summed E-state index contributed by atoms with van der Waals surface area (Å²) < 4.78 is 25.4. The average Bonchev–Trinajstić information content (AvgIpc) is 2.93. The van der Waals surface area contributed by atoms with Crippen LogP contribution in [0.5, 0.6) is 0 Å². The summed E-state index contributed by atoms with van der Waals surface area (Å²) >= 11 is 0. The Balaban J connectivity index is -0.00000800. The molecule has 0 amide bonds. The van der Waals surface area contributed by atoms with Gasteiger partial charge in [-0.3, -0.25) is 9.59 Å². The topological polar surface area (TPSA) is 137 Å². The zero-order valence-corrected chi connectivity index (χ0v) is 32.9. The van der Waals surface area contributed by atoms with Crippen molar-refractivity contribution in [3.8, 4) is 0 Å². The first-order valence-corrected chi connectivity index (χ1v) is 18.0. The number of carbonyl (C=O) groups is 2. The van der Waals surface area contributed by atoms with E-state index in [-0.39, 0.29) is 78.0 Å². The van der Waals surface area contributed by atoms with Crippen LogP contribution in [0.2, 0.25) is 0 Å². The maximum Gasteiger partial charge on any atom is 1.00 e. The van der Waals surface area contributed by atoms with Gasteiger partial charge in [-0.1, -0.05) is 129 Å². The van der Waals surface area contributed by atoms with Gasteiger partial charge in [0.05, 0.1) is 21.0 Å². The molecule has 12 heteroatoms. The normalized spacial score (nSPS) is 11.8. The molecule has 1 atom stereocenters. The molecule has 0 unspecified atom stereocenters. The van der Waals surface area contributed by atoms with E-state index in [0.29, 0.717) is 13.1 Å². The van der Waals surface area contributed by atoms with E-state index in [1.54, 1.807) is 0 Å². The molecule has 0 aliphatic heterocycles. The Morgan fingerprint density at radius 2 is 1.16 bits per heavy atom. The van der Waals surface area contributed by atoms with Crippen LogP contribution >= 0.6 is 7.82 Å². The second-order valence-corrected chi connectivity index (χ2v) is 12.4. The zero-order valence-electron chi connectivity index (χ0n) is 28.0. The van der Waals surface area contributed by atoms with E-state index >= 15 is 0 Å². The van der Waals surface area contributed by atoms with Crippen LogP contribution in [0.25, 0.3) is 0 Å². The molecule has 0 aliphatic carbocycles. The molecule has 0 spiro atoms. The van der Waals surface area contributed by atoms with Gasteiger partial charge in [0.25, 0.3) is 6.47 Å². The van der Waals surface area contributed by atoms with Gasteiger partial charge in [0, 0.05) is 13.0 Å². The first kappa shape index (κ1) is 48.4. The SMILES string of the molecule is CCCCCCCCCCCCC(=O)O[C@@H](CNCCCCCCCCCCCCCCOC=O)COP(=O)([O-])[O-].[Na+].[Na+]. The van der Waals surface area contributed by atoms with Crippen LogP contribution in [-0.4, -0.2) is 44.8 Å². The number of esters is 1. The third kappa shape index (κ3) is 41.0. The summed E-state index contributed by atoms with van der Waals surface area (Å²) in [5, 5.41) is 3.21. The number of carbonyl (C=O) groups excluding carboxylic acids is 2. The number of ether oxygens (including phenoxy) is 2. The Labute approximate surface area is 307 Å². The third-order valence-corrected chi connectivity index (χ3v) is 7.72. The molecule has 0 aromatic rings. The number of unbranched alkanes of at least 4 members (excludes halogenated alkanes) is 20. The molecule has 9 nitrogen and oxygen atoms in total. The van der Waals surface area contributed by atoms with Gasteiger partial charge in [0.15, 0.2) is 0 Å². The summed E-state index contributed by atoms with van der Waals surface area (Å²) in [7, 11) is -5.12. The molecule has 0 aromatic carbocycles. The standard InChI is InChI=1S/C31H62NO8P.2Na/c1-2-3-4-5-6-7-12-15-18-21-24-31(34)40-30(28-39-41(35,36)37)27-32-25-22-19-16-13-10-8-9-11-14-17-20-23-26-38-29-33;;/h29-30,32H,2-28H2,1H3,(H2,35,36,37);;/q;2*+1/p-2/t30-;;/m0../s1. The van der Waals surface area contributed by atoms with E-state index in [9.17, 15) is 23.9 Å². The summed E-state index contributed by atoms with van der Waals surface area (Å²) in [5.41, 5.74) is 0. The largest absolute Gasteiger partial charge is 1.00 e. The Hall–Kier alpha value is 1.01. The van der Waals surface area contributed by atoms with Crippen molar-refractivity contribution in [2.75, 3.05) is 26.3 Å². The number of phosphoric ester groups is 1. The first-order chi connectivity index (χ1) is 19.9. The summed E-state index contributed by atoms with van der Waals surface area (Å²) in [5.74, 6) is -0.379. The number of rotatable bonds is 33. The minimum absolute atomic E-state index is 0. The van der Waals surface area contributed by atoms with E-state index < -0.39 is 20.5 Å². The minimum Gasteiger partial charge on any atom is -0.790 e. The molecule has 1 N–H and O–H groups in total. The number of hydrogen-bond donors (Lipinski definition) is 1. The van der Waals surface area contributed by atoms with Gasteiger partial charge in [0.2, 0.25) is 0 Å². The van der Waals surface area contributed by atoms with Gasteiger partial charge >= 0.3 is 65.1 Å². The zero-order chi connectivity index (χ0) is 30.3. The monoisotopic (exact) mass is 651 g/mol. The van der Waals surface area contributed by atoms with Crippen LogP contribution in [0.15, 0.2) is 0 Å². The Bertz CT molecular complexity index is 643. The number of nitrogens with one attached hydrogen (secondary N) is 1. The molecule has 0 saturated carbocycles. The Morgan fingerprint density at radius 1 is 0.721 bits per heavy atom. The summed E-state index contributed by atoms with van der Waals surface area (Å²) in [6.45, 7) is 3.81. The fourth-order valence-corrected chi connectivity index (χ4v) is 5.17. The average molecular weight is 652 g/mol. The van der Waals surface area contributed by atoms with E-state index in [1.807, 2.05) is 0 Å². The van der Waals surface area contributed by atoms with Crippen molar-refractivity contribution >= 4 is 20.3 Å². The molecule has 0 heterocycles. The van der Waals surface area contributed by atoms with E-state index in [1.165, 1.54) is 96.3 Å². The number of phosphoric acid groups is 1. The maximum absolute atomic E-state index is 12.2. The summed E-state index contributed by atoms with van der Waals surface area (Å²) in [4.78, 5) is 44.1. The van der Waals surface area contributed by atoms with Crippen molar-refractivity contribution in [3.05, 3.63) is 0 Å². The van der Waals surface area contributed by atoms with Gasteiger partial charge in [-0.05, 0) is 25.8 Å². The first-order valence-electron chi connectivity index (χ1n) is 16.5. The fraction of sp³-hybridized carbons (Fsp3) is 0.935. The molecular formula is C31H60NNa2O8P. The van der Waals surface area contributed by atoms with Crippen molar-refractivity contribution in [2.45, 2.75) is 161 Å². The van der Waals surface area contributed by atoms with Gasteiger partial charge < -0.3 is 33.7 Å². The van der Waals surface area contributed by atoms with Crippen LogP contribution in [0.4, 0.5) is 0 Å². The van der Waals surface area contributed by atoms with Crippen LogP contribution in [0.1, 0.15) is 155 Å². The van der Waals surface area contributed by atoms with Crippen LogP contribution in [-0.2, 0) is 28.2 Å². The maximum atomic E-state index is 12.2. The number of hydrogen-bond acceptors (Lipinski definition) is 9. The van der Waals surface area contributed by atoms with E-state index in [2.05, 4.69) is 21.5 Å². The fourth-order valence-electron chi connectivity index (χ4n) is 4.82. The van der Waals surface area contributed by atoms with Crippen molar-refractivity contribution in [1.82, 2.24) is 5.32 Å². The third-order valence-electron chi connectivity index (χ3n) is 7.26. The van der Waals surface area contributed by atoms with E-state index in [0.717, 1.165) is 51.5 Å². The molecular weight excluding hydrogens is 591 g/mol. The molecule has 0 aromatic heterocycles. The van der Waals surface area contributed by atoms with Crippen LogP contribution < -0.4 is 74.2 Å². The molecule has 0 bridgehead atoms. The summed E-state index contributed by atoms with van der Waals surface area (Å²) in [6.07, 6.45) is 25.3. The van der Waals surface area contributed by atoms with Gasteiger partial charge in [-0.15, -0.1) is 0 Å². The van der Waals surface area contributed by atoms with Gasteiger partial charge in [-0.2, -0.15) is 0 Å². The molecule has 0 aliphatic rings. The smallest absolute Gasteiger partial charge is 0.790 e. The molecule has 0 fully saturated rings.